The van der Waals surface area contributed by atoms with Gasteiger partial charge in [-0.3, -0.25) is 4.79 Å². The van der Waals surface area contributed by atoms with E-state index in [1.165, 1.54) is 0 Å². The number of carbonyl (C=O) groups excluding carboxylic acids is 1. The van der Waals surface area contributed by atoms with E-state index in [2.05, 4.69) is 12.6 Å². The van der Waals surface area contributed by atoms with Gasteiger partial charge >= 0.3 is 6.18 Å². The Bertz CT molecular complexity index is 1080. The molecule has 158 valence electrons. The van der Waals surface area contributed by atoms with Gasteiger partial charge in [-0.2, -0.15) is 13.2 Å². The van der Waals surface area contributed by atoms with E-state index in [9.17, 15) is 18.0 Å². The van der Waals surface area contributed by atoms with E-state index in [0.717, 1.165) is 0 Å². The zero-order valence-electron chi connectivity index (χ0n) is 15.6. The van der Waals surface area contributed by atoms with Crippen LogP contribution in [0.2, 0.25) is 10.0 Å². The van der Waals surface area contributed by atoms with Crippen molar-refractivity contribution < 1.29 is 22.7 Å². The quantitative estimate of drug-likeness (QED) is 0.385. The average molecular weight is 474 g/mol. The fourth-order valence-electron chi connectivity index (χ4n) is 3.03. The predicted octanol–water partition coefficient (Wildman–Crippen LogP) is 7.16. The Balaban J connectivity index is 1.99. The van der Waals surface area contributed by atoms with E-state index in [4.69, 9.17) is 27.9 Å². The summed E-state index contributed by atoms with van der Waals surface area (Å²) in [7, 11) is 0. The second kappa shape index (κ2) is 8.96. The molecule has 0 fully saturated rings. The van der Waals surface area contributed by atoms with Crippen LogP contribution < -0.4 is 4.74 Å². The molecule has 3 aromatic rings. The van der Waals surface area contributed by atoms with E-state index in [1.54, 1.807) is 55.5 Å². The molecular weight excluding hydrogens is 458 g/mol. The number of nitrogens with zero attached hydrogens (tertiary/aromatic N) is 1. The van der Waals surface area contributed by atoms with Crippen LogP contribution in [-0.4, -0.2) is 22.5 Å². The number of halogens is 5. The van der Waals surface area contributed by atoms with Gasteiger partial charge in [0, 0.05) is 22.0 Å². The van der Waals surface area contributed by atoms with Crippen molar-refractivity contribution in [3.05, 3.63) is 69.8 Å². The normalized spacial score (nSPS) is 11.6. The number of alkyl halides is 3. The zero-order valence-corrected chi connectivity index (χ0v) is 18.0. The highest BCUT2D eigenvalue weighted by molar-refractivity contribution is 7.97. The van der Waals surface area contributed by atoms with Crippen LogP contribution in [0.15, 0.2) is 48.5 Å². The Morgan fingerprint density at radius 2 is 1.77 bits per heavy atom. The molecule has 0 amide bonds. The summed E-state index contributed by atoms with van der Waals surface area (Å²) in [6.45, 7) is 1.31. The Kier molecular flexibility index (Phi) is 6.75. The minimum absolute atomic E-state index is 0.310. The molecule has 0 saturated carbocycles. The van der Waals surface area contributed by atoms with E-state index < -0.39 is 24.3 Å². The third kappa shape index (κ3) is 5.14. The van der Waals surface area contributed by atoms with Gasteiger partial charge in [0.05, 0.1) is 29.3 Å². The number of aromatic nitrogens is 1. The number of thiol groups is 1. The first kappa shape index (κ1) is 22.6. The highest BCUT2D eigenvalue weighted by atomic mass is 35.5. The van der Waals surface area contributed by atoms with Crippen LogP contribution in [0.4, 0.5) is 13.2 Å². The number of benzene rings is 2. The first-order chi connectivity index (χ1) is 14.1. The summed E-state index contributed by atoms with van der Waals surface area (Å²) in [5.41, 5.74) is 3.04. The van der Waals surface area contributed by atoms with Crippen molar-refractivity contribution >= 4 is 40.9 Å². The van der Waals surface area contributed by atoms with Gasteiger partial charge in [-0.25, -0.2) is 0 Å². The number of hydrogen-bond donors (Lipinski definition) is 1. The van der Waals surface area contributed by atoms with Crippen LogP contribution in [0.3, 0.4) is 0 Å². The van der Waals surface area contributed by atoms with E-state index in [1.807, 2.05) is 4.57 Å². The Labute approximate surface area is 186 Å². The molecule has 0 aliphatic carbocycles. The number of ether oxygens (including phenoxy) is 1. The van der Waals surface area contributed by atoms with Crippen molar-refractivity contribution in [1.82, 2.24) is 4.57 Å². The molecule has 0 aliphatic rings. The maximum Gasteiger partial charge on any atom is 0.392 e. The topological polar surface area (TPSA) is 31.2 Å². The Morgan fingerprint density at radius 3 is 2.33 bits per heavy atom. The minimum atomic E-state index is -4.27. The highest BCUT2D eigenvalue weighted by Crippen LogP contribution is 2.36. The largest absolute Gasteiger partial charge is 0.493 e. The molecule has 0 aliphatic heterocycles. The second-order valence-electron chi connectivity index (χ2n) is 6.50. The third-order valence-electron chi connectivity index (χ3n) is 4.43. The second-order valence-corrected chi connectivity index (χ2v) is 7.75. The van der Waals surface area contributed by atoms with Crippen LogP contribution in [0.5, 0.6) is 5.75 Å². The Morgan fingerprint density at radius 1 is 1.10 bits per heavy atom. The van der Waals surface area contributed by atoms with Crippen LogP contribution in [-0.2, 0) is 0 Å². The number of hydrogen-bond acceptors (Lipinski definition) is 2. The van der Waals surface area contributed by atoms with Gasteiger partial charge in [0.25, 0.3) is 0 Å². The fourth-order valence-corrected chi connectivity index (χ4v) is 3.76. The molecule has 0 unspecified atom stereocenters. The molecule has 0 radical (unpaired) electrons. The molecule has 3 rings (SSSR count). The van der Waals surface area contributed by atoms with Crippen molar-refractivity contribution in [2.45, 2.75) is 19.5 Å². The van der Waals surface area contributed by atoms with Gasteiger partial charge in [-0.15, -0.1) is 12.6 Å². The molecule has 2 aromatic carbocycles. The lowest BCUT2D eigenvalue weighted by Crippen LogP contribution is -2.13. The van der Waals surface area contributed by atoms with Crippen LogP contribution in [0.1, 0.15) is 22.5 Å². The molecule has 0 atom stereocenters. The molecule has 0 N–H and O–H groups in total. The molecule has 1 aromatic heterocycles. The molecule has 0 spiro atoms. The lowest BCUT2D eigenvalue weighted by molar-refractivity contribution is -0.139. The molecule has 0 bridgehead atoms. The summed E-state index contributed by atoms with van der Waals surface area (Å²) in [5.74, 6) is 0.310. The first-order valence-corrected chi connectivity index (χ1v) is 9.98. The van der Waals surface area contributed by atoms with Crippen molar-refractivity contribution in [2.75, 3.05) is 6.61 Å². The lowest BCUT2D eigenvalue weighted by Gasteiger charge is -2.14. The van der Waals surface area contributed by atoms with Crippen LogP contribution >= 0.6 is 35.8 Å². The summed E-state index contributed by atoms with van der Waals surface area (Å²) in [6.07, 6.45) is -5.30. The van der Waals surface area contributed by atoms with Crippen LogP contribution in [0, 0.1) is 6.92 Å². The SMILES string of the molecule is Cc1c(C(=O)S)cc(-c2ccc(Cl)cc2Cl)n1-c1ccc(OCCC(F)(F)F)cc1. The van der Waals surface area contributed by atoms with Crippen molar-refractivity contribution in [1.29, 1.82) is 0 Å². The third-order valence-corrected chi connectivity index (χ3v) is 5.22. The molecule has 9 heteroatoms. The first-order valence-electron chi connectivity index (χ1n) is 8.78. The predicted molar refractivity (Wildman–Crippen MR) is 115 cm³/mol. The molecular formula is C21H16Cl2F3NO2S. The lowest BCUT2D eigenvalue weighted by atomic mass is 10.1. The van der Waals surface area contributed by atoms with Gasteiger partial charge in [-0.05, 0) is 55.5 Å². The Hall–Kier alpha value is -2.09. The summed E-state index contributed by atoms with van der Waals surface area (Å²) >= 11 is 16.3. The monoisotopic (exact) mass is 473 g/mol. The zero-order chi connectivity index (χ0) is 22.1. The smallest absolute Gasteiger partial charge is 0.392 e. The van der Waals surface area contributed by atoms with Gasteiger partial charge in [-0.1, -0.05) is 23.2 Å². The fraction of sp³-hybridized carbons (Fsp3) is 0.190. The van der Waals surface area contributed by atoms with Crippen LogP contribution in [0.25, 0.3) is 16.9 Å². The van der Waals surface area contributed by atoms with E-state index >= 15 is 0 Å². The standard InChI is InChI=1S/C21H16Cl2F3NO2S/c1-12-17(20(28)30)11-19(16-7-2-13(22)10-18(16)23)27(12)14-3-5-15(6-4-14)29-9-8-21(24,25)26/h2-7,10-11H,8-9H2,1H3,(H,28,30). The number of rotatable bonds is 6. The summed E-state index contributed by atoms with van der Waals surface area (Å²) in [5, 5.41) is 0.487. The molecule has 0 saturated heterocycles. The van der Waals surface area contributed by atoms with E-state index in [0.29, 0.717) is 44.0 Å². The van der Waals surface area contributed by atoms with Crippen molar-refractivity contribution in [2.24, 2.45) is 0 Å². The minimum Gasteiger partial charge on any atom is -0.493 e. The van der Waals surface area contributed by atoms with Gasteiger partial charge in [0.15, 0.2) is 0 Å². The maximum atomic E-state index is 12.3. The summed E-state index contributed by atoms with van der Waals surface area (Å²) < 4.78 is 43.8. The molecule has 30 heavy (non-hydrogen) atoms. The highest BCUT2D eigenvalue weighted by Gasteiger charge is 2.27. The van der Waals surface area contributed by atoms with Gasteiger partial charge < -0.3 is 9.30 Å². The van der Waals surface area contributed by atoms with Gasteiger partial charge in [0.1, 0.15) is 5.75 Å². The maximum absolute atomic E-state index is 12.3. The van der Waals surface area contributed by atoms with Crippen molar-refractivity contribution in [3.8, 4) is 22.7 Å². The summed E-state index contributed by atoms with van der Waals surface area (Å²) in [6, 6.07) is 13.2. The molecule has 1 heterocycles. The summed E-state index contributed by atoms with van der Waals surface area (Å²) in [4.78, 5) is 12.0. The van der Waals surface area contributed by atoms with E-state index in [-0.39, 0.29) is 0 Å². The van der Waals surface area contributed by atoms with Crippen molar-refractivity contribution in [3.63, 3.8) is 0 Å². The average Bonchev–Trinajstić information content (AvgIpc) is 2.98. The number of carbonyl (C=O) groups is 1. The van der Waals surface area contributed by atoms with Gasteiger partial charge in [0.2, 0.25) is 5.12 Å². The molecule has 3 nitrogen and oxygen atoms in total.